The van der Waals surface area contributed by atoms with E-state index in [1.165, 1.54) is 18.4 Å². The zero-order chi connectivity index (χ0) is 13.8. The minimum Gasteiger partial charge on any atom is -0.339 e. The molecule has 106 valence electrons. The fraction of sp³-hybridized carbons (Fsp3) is 0.500. The third kappa shape index (κ3) is 2.61. The Labute approximate surface area is 119 Å². The van der Waals surface area contributed by atoms with Gasteiger partial charge in [-0.25, -0.2) is 0 Å². The molecule has 1 saturated carbocycles. The summed E-state index contributed by atoms with van der Waals surface area (Å²) in [5, 5.41) is 4.13. The van der Waals surface area contributed by atoms with Gasteiger partial charge in [0.25, 0.3) is 0 Å². The van der Waals surface area contributed by atoms with Gasteiger partial charge in [0.2, 0.25) is 5.89 Å². The molecule has 0 spiro atoms. The van der Waals surface area contributed by atoms with E-state index in [1.807, 2.05) is 6.07 Å². The minimum atomic E-state index is -0.0575. The lowest BCUT2D eigenvalue weighted by atomic mass is 9.86. The second-order valence-electron chi connectivity index (χ2n) is 5.69. The number of benzene rings is 1. The van der Waals surface area contributed by atoms with Gasteiger partial charge in [0.15, 0.2) is 5.82 Å². The van der Waals surface area contributed by atoms with E-state index in [9.17, 15) is 0 Å². The average molecular weight is 271 g/mol. The highest BCUT2D eigenvalue weighted by Crippen LogP contribution is 2.39. The van der Waals surface area contributed by atoms with Gasteiger partial charge in [-0.15, -0.1) is 0 Å². The Morgan fingerprint density at radius 2 is 1.85 bits per heavy atom. The van der Waals surface area contributed by atoms with Crippen LogP contribution in [-0.4, -0.2) is 16.7 Å². The number of rotatable bonds is 5. The predicted molar refractivity (Wildman–Crippen MR) is 77.3 cm³/mol. The molecule has 0 saturated heterocycles. The first-order valence-corrected chi connectivity index (χ1v) is 7.39. The van der Waals surface area contributed by atoms with Crippen molar-refractivity contribution in [2.75, 3.05) is 6.54 Å². The lowest BCUT2D eigenvalue weighted by Gasteiger charge is -2.21. The van der Waals surface area contributed by atoms with E-state index in [0.717, 1.165) is 37.4 Å². The molecular formula is C16H21N3O. The van der Waals surface area contributed by atoms with Crippen molar-refractivity contribution in [1.82, 2.24) is 10.1 Å². The molecule has 2 N–H and O–H groups in total. The van der Waals surface area contributed by atoms with E-state index >= 15 is 0 Å². The standard InChI is InChI=1S/C16H21N3O/c17-12-16(10-4-5-11-16)15-18-14(19-20-15)9-8-13-6-2-1-3-7-13/h1-3,6-7H,4-5,8-12,17H2. The van der Waals surface area contributed by atoms with Gasteiger partial charge in [0.05, 0.1) is 5.41 Å². The minimum absolute atomic E-state index is 0.0575. The van der Waals surface area contributed by atoms with Gasteiger partial charge in [-0.2, -0.15) is 4.98 Å². The normalized spacial score (nSPS) is 17.4. The maximum atomic E-state index is 5.95. The quantitative estimate of drug-likeness (QED) is 0.908. The van der Waals surface area contributed by atoms with Crippen LogP contribution in [0.25, 0.3) is 0 Å². The van der Waals surface area contributed by atoms with Crippen LogP contribution in [0, 0.1) is 0 Å². The summed E-state index contributed by atoms with van der Waals surface area (Å²) in [6, 6.07) is 10.4. The largest absolute Gasteiger partial charge is 0.339 e. The van der Waals surface area contributed by atoms with Gasteiger partial charge in [-0.05, 0) is 24.8 Å². The van der Waals surface area contributed by atoms with Gasteiger partial charge >= 0.3 is 0 Å². The van der Waals surface area contributed by atoms with Crippen LogP contribution in [-0.2, 0) is 18.3 Å². The Bertz CT molecular complexity index is 544. The molecule has 0 radical (unpaired) electrons. The van der Waals surface area contributed by atoms with Crippen LogP contribution in [0.4, 0.5) is 0 Å². The molecule has 1 fully saturated rings. The summed E-state index contributed by atoms with van der Waals surface area (Å²) in [5.41, 5.74) is 7.19. The number of hydrogen-bond acceptors (Lipinski definition) is 4. The van der Waals surface area contributed by atoms with Crippen molar-refractivity contribution in [2.24, 2.45) is 5.73 Å². The first-order chi connectivity index (χ1) is 9.82. The Hall–Kier alpha value is -1.68. The molecule has 1 heterocycles. The Balaban J connectivity index is 1.68. The molecule has 4 heteroatoms. The highest BCUT2D eigenvalue weighted by molar-refractivity contribution is 5.16. The molecule has 3 rings (SSSR count). The molecule has 20 heavy (non-hydrogen) atoms. The molecular weight excluding hydrogens is 250 g/mol. The molecule has 4 nitrogen and oxygen atoms in total. The number of nitrogens with zero attached hydrogens (tertiary/aromatic N) is 2. The summed E-state index contributed by atoms with van der Waals surface area (Å²) in [5.74, 6) is 1.55. The van der Waals surface area contributed by atoms with Crippen LogP contribution >= 0.6 is 0 Å². The average Bonchev–Trinajstić information content (AvgIpc) is 3.16. The van der Waals surface area contributed by atoms with Crippen LogP contribution in [0.2, 0.25) is 0 Å². The van der Waals surface area contributed by atoms with Crippen LogP contribution in [0.15, 0.2) is 34.9 Å². The first-order valence-electron chi connectivity index (χ1n) is 7.39. The monoisotopic (exact) mass is 271 g/mol. The number of nitrogens with two attached hydrogens (primary N) is 1. The van der Waals surface area contributed by atoms with E-state index in [1.54, 1.807) is 0 Å². The lowest BCUT2D eigenvalue weighted by molar-refractivity contribution is 0.283. The van der Waals surface area contributed by atoms with Gasteiger partial charge in [-0.3, -0.25) is 0 Å². The molecule has 0 atom stereocenters. The summed E-state index contributed by atoms with van der Waals surface area (Å²) in [6.07, 6.45) is 6.31. The van der Waals surface area contributed by atoms with Crippen LogP contribution in [0.5, 0.6) is 0 Å². The van der Waals surface area contributed by atoms with E-state index < -0.39 is 0 Å². The fourth-order valence-corrected chi connectivity index (χ4v) is 3.03. The summed E-state index contributed by atoms with van der Waals surface area (Å²) < 4.78 is 5.49. The van der Waals surface area contributed by atoms with Crippen molar-refractivity contribution in [3.05, 3.63) is 47.6 Å². The zero-order valence-corrected chi connectivity index (χ0v) is 11.7. The van der Waals surface area contributed by atoms with Crippen LogP contribution in [0.1, 0.15) is 43.0 Å². The van der Waals surface area contributed by atoms with E-state index in [4.69, 9.17) is 10.3 Å². The van der Waals surface area contributed by atoms with Crippen molar-refractivity contribution < 1.29 is 4.52 Å². The molecule has 1 aliphatic rings. The molecule has 1 aromatic heterocycles. The maximum Gasteiger partial charge on any atom is 0.234 e. The highest BCUT2D eigenvalue weighted by atomic mass is 16.5. The van der Waals surface area contributed by atoms with Crippen molar-refractivity contribution in [3.63, 3.8) is 0 Å². The third-order valence-corrected chi connectivity index (χ3v) is 4.35. The zero-order valence-electron chi connectivity index (χ0n) is 11.7. The second kappa shape index (κ2) is 5.75. The van der Waals surface area contributed by atoms with Crippen molar-refractivity contribution in [3.8, 4) is 0 Å². The number of hydrogen-bond donors (Lipinski definition) is 1. The van der Waals surface area contributed by atoms with Crippen molar-refractivity contribution in [1.29, 1.82) is 0 Å². The van der Waals surface area contributed by atoms with E-state index in [0.29, 0.717) is 6.54 Å². The second-order valence-corrected chi connectivity index (χ2v) is 5.69. The third-order valence-electron chi connectivity index (χ3n) is 4.35. The Morgan fingerprint density at radius 1 is 1.10 bits per heavy atom. The maximum absolute atomic E-state index is 5.95. The summed E-state index contributed by atoms with van der Waals surface area (Å²) in [6.45, 7) is 0.604. The molecule has 0 amide bonds. The van der Waals surface area contributed by atoms with Crippen molar-refractivity contribution in [2.45, 2.75) is 43.9 Å². The molecule has 0 aliphatic heterocycles. The molecule has 1 aliphatic carbocycles. The van der Waals surface area contributed by atoms with Gasteiger partial charge in [0.1, 0.15) is 0 Å². The fourth-order valence-electron chi connectivity index (χ4n) is 3.03. The van der Waals surface area contributed by atoms with Crippen LogP contribution < -0.4 is 5.73 Å². The van der Waals surface area contributed by atoms with Crippen LogP contribution in [0.3, 0.4) is 0 Å². The summed E-state index contributed by atoms with van der Waals surface area (Å²) >= 11 is 0. The first kappa shape index (κ1) is 13.3. The molecule has 0 unspecified atom stereocenters. The Morgan fingerprint density at radius 3 is 2.55 bits per heavy atom. The van der Waals surface area contributed by atoms with Crippen molar-refractivity contribution >= 4 is 0 Å². The van der Waals surface area contributed by atoms with E-state index in [-0.39, 0.29) is 5.41 Å². The molecule has 1 aromatic carbocycles. The molecule has 0 bridgehead atoms. The number of aromatic nitrogens is 2. The SMILES string of the molecule is NCC1(c2nc(CCc3ccccc3)no2)CCCC1. The van der Waals surface area contributed by atoms with E-state index in [2.05, 4.69) is 34.4 Å². The summed E-state index contributed by atoms with van der Waals surface area (Å²) in [7, 11) is 0. The smallest absolute Gasteiger partial charge is 0.234 e. The Kier molecular flexibility index (Phi) is 3.83. The number of aryl methyl sites for hydroxylation is 2. The van der Waals surface area contributed by atoms with Gasteiger partial charge in [0, 0.05) is 13.0 Å². The lowest BCUT2D eigenvalue weighted by Crippen LogP contribution is -2.32. The van der Waals surface area contributed by atoms with Gasteiger partial charge in [-0.1, -0.05) is 48.3 Å². The van der Waals surface area contributed by atoms with Gasteiger partial charge < -0.3 is 10.3 Å². The highest BCUT2D eigenvalue weighted by Gasteiger charge is 2.39. The predicted octanol–water partition coefficient (Wildman–Crippen LogP) is 2.63. The molecule has 2 aromatic rings. The summed E-state index contributed by atoms with van der Waals surface area (Å²) in [4.78, 5) is 4.59. The topological polar surface area (TPSA) is 64.9 Å².